The van der Waals surface area contributed by atoms with Gasteiger partial charge in [0.25, 0.3) is 0 Å². The first kappa shape index (κ1) is 12.7. The van der Waals surface area contributed by atoms with Crippen LogP contribution in [0.25, 0.3) is 16.4 Å². The fourth-order valence-electron chi connectivity index (χ4n) is 2.61. The molecule has 0 bridgehead atoms. The monoisotopic (exact) mass is 286 g/mol. The van der Waals surface area contributed by atoms with E-state index in [1.165, 1.54) is 0 Å². The zero-order valence-electron chi connectivity index (χ0n) is 12.1. The van der Waals surface area contributed by atoms with Crippen LogP contribution in [0.5, 0.6) is 0 Å². The molecule has 0 amide bonds. The first-order chi connectivity index (χ1) is 10.8. The maximum absolute atomic E-state index is 4.62. The third kappa shape index (κ3) is 2.05. The minimum atomic E-state index is 0.852. The molecule has 0 saturated carbocycles. The Balaban J connectivity index is 1.94. The Morgan fingerprint density at radius 3 is 2.64 bits per heavy atom. The van der Waals surface area contributed by atoms with Gasteiger partial charge < -0.3 is 0 Å². The minimum Gasteiger partial charge on any atom is -0.252 e. The summed E-state index contributed by atoms with van der Waals surface area (Å²) >= 11 is 0. The van der Waals surface area contributed by atoms with Gasteiger partial charge in [-0.3, -0.25) is 4.99 Å². The molecule has 0 radical (unpaired) electrons. The molecule has 0 saturated heterocycles. The Morgan fingerprint density at radius 2 is 1.77 bits per heavy atom. The third-order valence-electron chi connectivity index (χ3n) is 3.65. The number of para-hydroxylation sites is 1. The van der Waals surface area contributed by atoms with Crippen molar-refractivity contribution in [1.29, 1.82) is 0 Å². The van der Waals surface area contributed by atoms with Gasteiger partial charge in [-0.25, -0.2) is 9.50 Å². The SMILES string of the molecule is Cc1nc2ccccc2c2c(N=Cc3ccccc3)cnn12. The second-order valence-corrected chi connectivity index (χ2v) is 5.14. The molecule has 0 spiro atoms. The number of hydrogen-bond acceptors (Lipinski definition) is 3. The molecule has 0 N–H and O–H groups in total. The zero-order valence-corrected chi connectivity index (χ0v) is 12.1. The Bertz CT molecular complexity index is 984. The van der Waals surface area contributed by atoms with Crippen molar-refractivity contribution >= 4 is 28.3 Å². The zero-order chi connectivity index (χ0) is 14.9. The van der Waals surface area contributed by atoms with E-state index in [1.807, 2.05) is 66.2 Å². The minimum absolute atomic E-state index is 0.852. The molecule has 0 unspecified atom stereocenters. The van der Waals surface area contributed by atoms with E-state index >= 15 is 0 Å². The van der Waals surface area contributed by atoms with Gasteiger partial charge in [-0.05, 0) is 18.6 Å². The molecule has 2 heterocycles. The molecule has 0 aliphatic heterocycles. The maximum Gasteiger partial charge on any atom is 0.128 e. The van der Waals surface area contributed by atoms with Gasteiger partial charge in [0.1, 0.15) is 17.0 Å². The van der Waals surface area contributed by atoms with E-state index in [-0.39, 0.29) is 0 Å². The van der Waals surface area contributed by atoms with Crippen LogP contribution in [0.4, 0.5) is 5.69 Å². The van der Waals surface area contributed by atoms with Crippen LogP contribution in [0.2, 0.25) is 0 Å². The second-order valence-electron chi connectivity index (χ2n) is 5.14. The van der Waals surface area contributed by atoms with Crippen molar-refractivity contribution in [3.05, 3.63) is 72.2 Å². The molecule has 4 rings (SSSR count). The number of rotatable bonds is 2. The summed E-state index contributed by atoms with van der Waals surface area (Å²) in [6.07, 6.45) is 3.65. The van der Waals surface area contributed by atoms with Crippen LogP contribution in [0, 0.1) is 6.92 Å². The third-order valence-corrected chi connectivity index (χ3v) is 3.65. The van der Waals surface area contributed by atoms with Crippen molar-refractivity contribution < 1.29 is 0 Å². The second kappa shape index (κ2) is 5.07. The lowest BCUT2D eigenvalue weighted by Crippen LogP contribution is -1.97. The fourth-order valence-corrected chi connectivity index (χ4v) is 2.61. The number of hydrogen-bond donors (Lipinski definition) is 0. The lowest BCUT2D eigenvalue weighted by Gasteiger charge is -2.04. The van der Waals surface area contributed by atoms with E-state index < -0.39 is 0 Å². The van der Waals surface area contributed by atoms with Crippen LogP contribution < -0.4 is 0 Å². The van der Waals surface area contributed by atoms with Crippen LogP contribution >= 0.6 is 0 Å². The maximum atomic E-state index is 4.62. The first-order valence-corrected chi connectivity index (χ1v) is 7.15. The van der Waals surface area contributed by atoms with Crippen LogP contribution in [-0.2, 0) is 0 Å². The quantitative estimate of drug-likeness (QED) is 0.524. The van der Waals surface area contributed by atoms with Gasteiger partial charge in [0, 0.05) is 11.6 Å². The van der Waals surface area contributed by atoms with Gasteiger partial charge in [0.05, 0.1) is 11.7 Å². The highest BCUT2D eigenvalue weighted by Gasteiger charge is 2.10. The van der Waals surface area contributed by atoms with Crippen LogP contribution in [0.1, 0.15) is 11.4 Å². The number of nitrogens with zero attached hydrogens (tertiary/aromatic N) is 4. The highest BCUT2D eigenvalue weighted by molar-refractivity contribution is 6.00. The Hall–Kier alpha value is -3.01. The molecular formula is C18H14N4. The summed E-state index contributed by atoms with van der Waals surface area (Å²) in [6, 6.07) is 18.1. The predicted molar refractivity (Wildman–Crippen MR) is 88.9 cm³/mol. The molecule has 2 aromatic carbocycles. The highest BCUT2D eigenvalue weighted by Crippen LogP contribution is 2.28. The number of aryl methyl sites for hydroxylation is 1. The van der Waals surface area contributed by atoms with E-state index in [0.717, 1.165) is 33.5 Å². The Kier molecular flexibility index (Phi) is 2.93. The van der Waals surface area contributed by atoms with Crippen LogP contribution in [0.15, 0.2) is 65.8 Å². The van der Waals surface area contributed by atoms with E-state index in [2.05, 4.69) is 21.1 Å². The molecule has 106 valence electrons. The van der Waals surface area contributed by atoms with Gasteiger partial charge in [-0.1, -0.05) is 48.5 Å². The lowest BCUT2D eigenvalue weighted by atomic mass is 10.2. The summed E-state index contributed by atoms with van der Waals surface area (Å²) in [5.74, 6) is 0.856. The lowest BCUT2D eigenvalue weighted by molar-refractivity contribution is 0.877. The molecule has 4 aromatic rings. The van der Waals surface area contributed by atoms with Crippen molar-refractivity contribution in [3.8, 4) is 0 Å². The van der Waals surface area contributed by atoms with E-state index in [0.29, 0.717) is 0 Å². The van der Waals surface area contributed by atoms with Gasteiger partial charge in [-0.15, -0.1) is 0 Å². The number of benzene rings is 2. The highest BCUT2D eigenvalue weighted by atomic mass is 15.3. The summed E-state index contributed by atoms with van der Waals surface area (Å²) in [7, 11) is 0. The van der Waals surface area contributed by atoms with E-state index in [9.17, 15) is 0 Å². The van der Waals surface area contributed by atoms with Gasteiger partial charge in [0.15, 0.2) is 0 Å². The summed E-state index contributed by atoms with van der Waals surface area (Å²) in [4.78, 5) is 9.20. The summed E-state index contributed by atoms with van der Waals surface area (Å²) < 4.78 is 1.85. The summed E-state index contributed by atoms with van der Waals surface area (Å²) in [6.45, 7) is 1.96. The van der Waals surface area contributed by atoms with Gasteiger partial charge in [-0.2, -0.15) is 5.10 Å². The molecule has 0 fully saturated rings. The van der Waals surface area contributed by atoms with Crippen molar-refractivity contribution in [3.63, 3.8) is 0 Å². The number of aromatic nitrogens is 3. The normalized spacial score (nSPS) is 11.7. The van der Waals surface area contributed by atoms with Crippen LogP contribution in [0.3, 0.4) is 0 Å². The molecule has 4 nitrogen and oxygen atoms in total. The topological polar surface area (TPSA) is 42.5 Å². The fraction of sp³-hybridized carbons (Fsp3) is 0.0556. The van der Waals surface area contributed by atoms with Crippen molar-refractivity contribution in [2.75, 3.05) is 0 Å². The molecule has 22 heavy (non-hydrogen) atoms. The predicted octanol–water partition coefficient (Wildman–Crippen LogP) is 3.94. The Morgan fingerprint density at radius 1 is 1.00 bits per heavy atom. The smallest absolute Gasteiger partial charge is 0.128 e. The largest absolute Gasteiger partial charge is 0.252 e. The summed E-state index contributed by atoms with van der Waals surface area (Å²) in [5, 5.41) is 5.48. The molecule has 0 atom stereocenters. The van der Waals surface area contributed by atoms with Gasteiger partial charge in [0.2, 0.25) is 0 Å². The van der Waals surface area contributed by atoms with E-state index in [4.69, 9.17) is 0 Å². The average molecular weight is 286 g/mol. The van der Waals surface area contributed by atoms with Crippen molar-refractivity contribution in [2.24, 2.45) is 4.99 Å². The number of aliphatic imine (C=N–C) groups is 1. The summed E-state index contributed by atoms with van der Waals surface area (Å²) in [5.41, 5.74) is 3.88. The van der Waals surface area contributed by atoms with Crippen molar-refractivity contribution in [2.45, 2.75) is 6.92 Å². The Labute approximate surface area is 127 Å². The molecular weight excluding hydrogens is 272 g/mol. The van der Waals surface area contributed by atoms with Crippen LogP contribution in [-0.4, -0.2) is 20.8 Å². The molecule has 4 heteroatoms. The standard InChI is InChI=1S/C18H14N4/c1-13-21-16-10-6-5-9-15(16)18-17(12-20-22(13)18)19-11-14-7-3-2-4-8-14/h2-12H,1H3. The first-order valence-electron chi connectivity index (χ1n) is 7.15. The van der Waals surface area contributed by atoms with Gasteiger partial charge >= 0.3 is 0 Å². The molecule has 2 aromatic heterocycles. The number of fused-ring (bicyclic) bond motifs is 3. The van der Waals surface area contributed by atoms with Crippen molar-refractivity contribution in [1.82, 2.24) is 14.6 Å². The molecule has 0 aliphatic rings. The van der Waals surface area contributed by atoms with E-state index in [1.54, 1.807) is 6.20 Å². The average Bonchev–Trinajstić information content (AvgIpc) is 2.99. The molecule has 0 aliphatic carbocycles.